The molecular weight excluding hydrogens is 220 g/mol. The van der Waals surface area contributed by atoms with Crippen LogP contribution in [0.3, 0.4) is 0 Å². The summed E-state index contributed by atoms with van der Waals surface area (Å²) < 4.78 is 0. The van der Waals surface area contributed by atoms with Gasteiger partial charge in [-0.25, -0.2) is 0 Å². The Balaban J connectivity index is 3.12. The fourth-order valence-electron chi connectivity index (χ4n) is 1.83. The van der Waals surface area contributed by atoms with E-state index in [1.165, 1.54) is 51.4 Å². The largest absolute Gasteiger partial charge is 0.291 e. The summed E-state index contributed by atoms with van der Waals surface area (Å²) >= 11 is 0. The second-order valence-corrected chi connectivity index (χ2v) is 4.76. The number of unbranched alkanes of at least 4 members (excludes halogenated alkanes) is 8. The van der Waals surface area contributed by atoms with Gasteiger partial charge in [-0.05, 0) is 44.9 Å². The highest BCUT2D eigenvalue weighted by Crippen LogP contribution is 2.06. The minimum absolute atomic E-state index is 0.539. The maximum Gasteiger partial charge on any atom is 0.198 e. The Bertz CT molecular complexity index is 216. The fraction of sp³-hybridized carbons (Fsp3) is 0.706. The third kappa shape index (κ3) is 15.1. The molecule has 103 valence electrons. The minimum Gasteiger partial charge on any atom is -0.291 e. The number of hydrogen-bond acceptors (Lipinski definition) is 1. The first-order valence-corrected chi connectivity index (χ1v) is 7.56. The van der Waals surface area contributed by atoms with E-state index in [1.807, 2.05) is 6.29 Å². The van der Waals surface area contributed by atoms with Crippen molar-refractivity contribution in [3.8, 4) is 0 Å². The zero-order valence-corrected chi connectivity index (χ0v) is 12.0. The van der Waals surface area contributed by atoms with Crippen molar-refractivity contribution >= 4 is 6.29 Å². The molecule has 0 aliphatic heterocycles. The quantitative estimate of drug-likeness (QED) is 0.310. The lowest BCUT2D eigenvalue weighted by Gasteiger charge is -1.95. The highest BCUT2D eigenvalue weighted by atomic mass is 16.1. The van der Waals surface area contributed by atoms with Gasteiger partial charge in [-0.3, -0.25) is 4.79 Å². The number of rotatable bonds is 13. The lowest BCUT2D eigenvalue weighted by molar-refractivity contribution is 0.551. The number of hydrogen-bond donors (Lipinski definition) is 0. The minimum atomic E-state index is 0.539. The van der Waals surface area contributed by atoms with Crippen LogP contribution in [0, 0.1) is 0 Å². The van der Waals surface area contributed by atoms with E-state index >= 15 is 0 Å². The normalized spacial score (nSPS) is 11.6. The lowest BCUT2D eigenvalue weighted by Crippen LogP contribution is -1.75. The van der Waals surface area contributed by atoms with Crippen LogP contribution in [0.5, 0.6) is 0 Å². The second-order valence-electron chi connectivity index (χ2n) is 4.76. The SMILES string of the molecule is CCCCCCC=CCCCCC=CCC[C]=O. The van der Waals surface area contributed by atoms with Crippen LogP contribution in [0.1, 0.15) is 77.6 Å². The Labute approximate surface area is 113 Å². The molecule has 0 aromatic heterocycles. The van der Waals surface area contributed by atoms with Crippen LogP contribution in [0.15, 0.2) is 24.3 Å². The van der Waals surface area contributed by atoms with Gasteiger partial charge >= 0.3 is 0 Å². The van der Waals surface area contributed by atoms with Gasteiger partial charge in [0.2, 0.25) is 0 Å². The molecule has 0 aromatic carbocycles. The molecule has 0 fully saturated rings. The van der Waals surface area contributed by atoms with Gasteiger partial charge in [-0.15, -0.1) is 0 Å². The van der Waals surface area contributed by atoms with E-state index in [0.717, 1.165) is 12.8 Å². The molecule has 0 saturated heterocycles. The highest BCUT2D eigenvalue weighted by molar-refractivity contribution is 5.50. The van der Waals surface area contributed by atoms with Crippen molar-refractivity contribution in [2.75, 3.05) is 0 Å². The summed E-state index contributed by atoms with van der Waals surface area (Å²) in [6.07, 6.45) is 23.8. The third-order valence-corrected chi connectivity index (χ3v) is 2.96. The van der Waals surface area contributed by atoms with E-state index in [4.69, 9.17) is 0 Å². The summed E-state index contributed by atoms with van der Waals surface area (Å²) in [7, 11) is 0. The van der Waals surface area contributed by atoms with Gasteiger partial charge < -0.3 is 0 Å². The van der Waals surface area contributed by atoms with Crippen molar-refractivity contribution in [2.45, 2.75) is 77.6 Å². The third-order valence-electron chi connectivity index (χ3n) is 2.96. The Morgan fingerprint density at radius 2 is 1.22 bits per heavy atom. The fourth-order valence-corrected chi connectivity index (χ4v) is 1.83. The van der Waals surface area contributed by atoms with Gasteiger partial charge in [-0.1, -0.05) is 50.5 Å². The van der Waals surface area contributed by atoms with Gasteiger partial charge in [0.1, 0.15) is 0 Å². The van der Waals surface area contributed by atoms with Crippen molar-refractivity contribution in [1.29, 1.82) is 0 Å². The average Bonchev–Trinajstić information content (AvgIpc) is 2.39. The molecular formula is C17H29O. The van der Waals surface area contributed by atoms with E-state index in [1.54, 1.807) is 0 Å². The lowest BCUT2D eigenvalue weighted by atomic mass is 10.1. The van der Waals surface area contributed by atoms with E-state index in [0.29, 0.717) is 6.42 Å². The van der Waals surface area contributed by atoms with Gasteiger partial charge in [-0.2, -0.15) is 0 Å². The van der Waals surface area contributed by atoms with E-state index in [-0.39, 0.29) is 0 Å². The molecule has 1 nitrogen and oxygen atoms in total. The monoisotopic (exact) mass is 249 g/mol. The Morgan fingerprint density at radius 1 is 0.722 bits per heavy atom. The molecule has 0 aromatic rings. The summed E-state index contributed by atoms with van der Waals surface area (Å²) in [5, 5.41) is 0. The standard InChI is InChI=1S/C17H29O/c1-2-3-4-5-6-7-8-9-10-11-12-13-14-15-16-17-18/h7-8,13-14H,2-6,9-12,15-16H2,1H3. The molecule has 0 N–H and O–H groups in total. The van der Waals surface area contributed by atoms with Crippen molar-refractivity contribution in [3.63, 3.8) is 0 Å². The molecule has 0 saturated carbocycles. The first kappa shape index (κ1) is 17.2. The molecule has 1 radical (unpaired) electrons. The average molecular weight is 249 g/mol. The van der Waals surface area contributed by atoms with Crippen LogP contribution < -0.4 is 0 Å². The maximum atomic E-state index is 9.96. The zero-order chi connectivity index (χ0) is 13.3. The summed E-state index contributed by atoms with van der Waals surface area (Å²) in [6.45, 7) is 2.25. The summed E-state index contributed by atoms with van der Waals surface area (Å²) in [5.74, 6) is 0. The van der Waals surface area contributed by atoms with E-state index in [9.17, 15) is 4.79 Å². The first-order valence-electron chi connectivity index (χ1n) is 7.56. The van der Waals surface area contributed by atoms with Gasteiger partial charge in [0.15, 0.2) is 6.29 Å². The van der Waals surface area contributed by atoms with E-state index < -0.39 is 0 Å². The van der Waals surface area contributed by atoms with Gasteiger partial charge in [0.05, 0.1) is 0 Å². The van der Waals surface area contributed by atoms with Crippen LogP contribution in [0.2, 0.25) is 0 Å². The Kier molecular flexibility index (Phi) is 15.4. The van der Waals surface area contributed by atoms with Gasteiger partial charge in [0.25, 0.3) is 0 Å². The van der Waals surface area contributed by atoms with E-state index in [2.05, 4.69) is 31.2 Å². The predicted molar refractivity (Wildman–Crippen MR) is 80.4 cm³/mol. The number of carbonyl (C=O) groups excluding carboxylic acids is 1. The summed E-state index contributed by atoms with van der Waals surface area (Å²) in [4.78, 5) is 9.96. The first-order chi connectivity index (χ1) is 8.91. The summed E-state index contributed by atoms with van der Waals surface area (Å²) in [6, 6.07) is 0. The molecule has 0 bridgehead atoms. The summed E-state index contributed by atoms with van der Waals surface area (Å²) in [5.41, 5.74) is 0. The molecule has 0 heterocycles. The van der Waals surface area contributed by atoms with Crippen LogP contribution in [0.4, 0.5) is 0 Å². The Morgan fingerprint density at radius 3 is 1.72 bits per heavy atom. The van der Waals surface area contributed by atoms with Crippen LogP contribution in [-0.4, -0.2) is 6.29 Å². The van der Waals surface area contributed by atoms with Crippen molar-refractivity contribution in [2.24, 2.45) is 0 Å². The van der Waals surface area contributed by atoms with Crippen molar-refractivity contribution in [3.05, 3.63) is 24.3 Å². The van der Waals surface area contributed by atoms with Crippen molar-refractivity contribution in [1.82, 2.24) is 0 Å². The molecule has 0 unspecified atom stereocenters. The second kappa shape index (κ2) is 16.1. The molecule has 0 atom stereocenters. The van der Waals surface area contributed by atoms with Crippen LogP contribution in [0.25, 0.3) is 0 Å². The highest BCUT2D eigenvalue weighted by Gasteiger charge is 1.86. The Hall–Kier alpha value is -0.850. The molecule has 0 spiro atoms. The zero-order valence-electron chi connectivity index (χ0n) is 12.0. The van der Waals surface area contributed by atoms with Crippen LogP contribution >= 0.6 is 0 Å². The molecule has 1 heteroatoms. The molecule has 0 amide bonds. The molecule has 18 heavy (non-hydrogen) atoms. The molecule has 0 aliphatic rings. The van der Waals surface area contributed by atoms with Gasteiger partial charge in [0, 0.05) is 6.42 Å². The molecule has 0 aliphatic carbocycles. The number of allylic oxidation sites excluding steroid dienone is 4. The van der Waals surface area contributed by atoms with Crippen LogP contribution in [-0.2, 0) is 4.79 Å². The maximum absolute atomic E-state index is 9.96. The van der Waals surface area contributed by atoms with Crippen molar-refractivity contribution < 1.29 is 4.79 Å². The predicted octanol–water partition coefficient (Wildman–Crippen LogP) is 5.52. The topological polar surface area (TPSA) is 17.1 Å². The molecule has 0 rings (SSSR count). The smallest absolute Gasteiger partial charge is 0.198 e.